The van der Waals surface area contributed by atoms with E-state index in [1.54, 1.807) is 39.0 Å². The number of carbonyl (C=O) groups is 1. The maximum Gasteiger partial charge on any atom is 0.412 e. The first-order chi connectivity index (χ1) is 11.3. The predicted molar refractivity (Wildman–Crippen MR) is 92.6 cm³/mol. The summed E-state index contributed by atoms with van der Waals surface area (Å²) in [6.07, 6.45) is 2.74. The molecule has 1 aliphatic carbocycles. The molecule has 0 spiro atoms. The standard InChI is InChI=1S/C18H22N4O2/c1-18(2,3)24-17(23)22-15(11-20)16(13-7-8-13)21-14-6-4-5-12(9-14)10-19/h4-6,9,11,13H,7-8,20H2,1-3H3,(H,22,23). The predicted octanol–water partition coefficient (Wildman–Crippen LogP) is 3.37. The zero-order valence-corrected chi connectivity index (χ0v) is 14.2. The molecular weight excluding hydrogens is 304 g/mol. The second kappa shape index (κ2) is 7.18. The summed E-state index contributed by atoms with van der Waals surface area (Å²) < 4.78 is 5.26. The van der Waals surface area contributed by atoms with Crippen molar-refractivity contribution < 1.29 is 9.53 Å². The molecule has 0 saturated heterocycles. The van der Waals surface area contributed by atoms with Gasteiger partial charge in [0.2, 0.25) is 0 Å². The zero-order valence-electron chi connectivity index (χ0n) is 14.2. The number of alkyl carbamates (subject to hydrolysis) is 1. The number of rotatable bonds is 4. The van der Waals surface area contributed by atoms with Crippen LogP contribution in [0.1, 0.15) is 39.2 Å². The molecule has 0 unspecified atom stereocenters. The number of nitrogens with zero attached hydrogens (tertiary/aromatic N) is 2. The van der Waals surface area contributed by atoms with E-state index in [0.29, 0.717) is 22.7 Å². The number of nitrogens with one attached hydrogen (secondary N) is 1. The Labute approximate surface area is 142 Å². The quantitative estimate of drug-likeness (QED) is 0.828. The molecule has 1 amide bonds. The molecule has 3 N–H and O–H groups in total. The molecule has 126 valence electrons. The molecule has 2 rings (SSSR count). The van der Waals surface area contributed by atoms with Crippen LogP contribution >= 0.6 is 0 Å². The van der Waals surface area contributed by atoms with E-state index in [-0.39, 0.29) is 5.92 Å². The first-order valence-electron chi connectivity index (χ1n) is 7.83. The van der Waals surface area contributed by atoms with Crippen molar-refractivity contribution in [3.63, 3.8) is 0 Å². The van der Waals surface area contributed by atoms with Crippen LogP contribution in [-0.2, 0) is 4.74 Å². The van der Waals surface area contributed by atoms with Crippen molar-refractivity contribution in [2.45, 2.75) is 39.2 Å². The van der Waals surface area contributed by atoms with Crippen LogP contribution in [0.4, 0.5) is 10.5 Å². The molecule has 6 nitrogen and oxygen atoms in total. The number of nitrogens with two attached hydrogens (primary N) is 1. The maximum absolute atomic E-state index is 12.0. The van der Waals surface area contributed by atoms with Crippen LogP contribution in [0.5, 0.6) is 0 Å². The van der Waals surface area contributed by atoms with Crippen LogP contribution in [0, 0.1) is 17.2 Å². The molecule has 0 radical (unpaired) electrons. The molecule has 6 heteroatoms. The Morgan fingerprint density at radius 1 is 1.46 bits per heavy atom. The molecule has 1 aromatic carbocycles. The van der Waals surface area contributed by atoms with Gasteiger partial charge in [-0.15, -0.1) is 0 Å². The Hall–Kier alpha value is -2.81. The van der Waals surface area contributed by atoms with E-state index in [1.807, 2.05) is 6.07 Å². The SMILES string of the molecule is CC(C)(C)OC(=O)NC(=CN)C(=Nc1cccc(C#N)c1)C1CC1. The van der Waals surface area contributed by atoms with E-state index < -0.39 is 11.7 Å². The van der Waals surface area contributed by atoms with Gasteiger partial charge in [0.25, 0.3) is 0 Å². The minimum atomic E-state index is -0.595. The first kappa shape index (κ1) is 17.5. The average Bonchev–Trinajstić information content (AvgIpc) is 3.33. The summed E-state index contributed by atoms with van der Waals surface area (Å²) >= 11 is 0. The monoisotopic (exact) mass is 326 g/mol. The van der Waals surface area contributed by atoms with E-state index in [9.17, 15) is 4.79 Å². The molecule has 24 heavy (non-hydrogen) atoms. The van der Waals surface area contributed by atoms with Gasteiger partial charge in [0.05, 0.1) is 28.7 Å². The highest BCUT2D eigenvalue weighted by molar-refractivity contribution is 6.06. The minimum Gasteiger partial charge on any atom is -0.444 e. The lowest BCUT2D eigenvalue weighted by molar-refractivity contribution is 0.0548. The van der Waals surface area contributed by atoms with Crippen molar-refractivity contribution in [3.05, 3.63) is 41.7 Å². The van der Waals surface area contributed by atoms with Gasteiger partial charge in [-0.3, -0.25) is 10.3 Å². The normalized spacial score (nSPS) is 15.6. The van der Waals surface area contributed by atoms with Crippen LogP contribution in [0.25, 0.3) is 0 Å². The number of hydrogen-bond acceptors (Lipinski definition) is 5. The topological polar surface area (TPSA) is 100 Å². The van der Waals surface area contributed by atoms with Gasteiger partial charge in [-0.05, 0) is 51.8 Å². The van der Waals surface area contributed by atoms with Crippen molar-refractivity contribution in [1.82, 2.24) is 5.32 Å². The van der Waals surface area contributed by atoms with Gasteiger partial charge < -0.3 is 10.5 Å². The summed E-state index contributed by atoms with van der Waals surface area (Å²) in [5, 5.41) is 11.7. The highest BCUT2D eigenvalue weighted by Crippen LogP contribution is 2.34. The molecule has 1 aliphatic rings. The molecule has 0 aliphatic heterocycles. The summed E-state index contributed by atoms with van der Waals surface area (Å²) in [5.74, 6) is 0.250. The van der Waals surface area contributed by atoms with Crippen LogP contribution in [0.3, 0.4) is 0 Å². The number of nitriles is 1. The summed E-state index contributed by atoms with van der Waals surface area (Å²) in [4.78, 5) is 16.6. The summed E-state index contributed by atoms with van der Waals surface area (Å²) in [6.45, 7) is 5.38. The Morgan fingerprint density at radius 2 is 2.17 bits per heavy atom. The summed E-state index contributed by atoms with van der Waals surface area (Å²) in [5.41, 5.74) is 7.43. The fourth-order valence-corrected chi connectivity index (χ4v) is 2.12. The van der Waals surface area contributed by atoms with E-state index in [2.05, 4.69) is 16.4 Å². The maximum atomic E-state index is 12.0. The fraction of sp³-hybridized carbons (Fsp3) is 0.389. The molecule has 0 aromatic heterocycles. The highest BCUT2D eigenvalue weighted by atomic mass is 16.6. The van der Waals surface area contributed by atoms with Crippen molar-refractivity contribution in [2.24, 2.45) is 16.6 Å². The molecule has 1 saturated carbocycles. The molecule has 0 bridgehead atoms. The molecular formula is C18H22N4O2. The number of amides is 1. The molecule has 0 atom stereocenters. The van der Waals surface area contributed by atoms with Crippen LogP contribution in [-0.4, -0.2) is 17.4 Å². The largest absolute Gasteiger partial charge is 0.444 e. The van der Waals surface area contributed by atoms with Crippen LogP contribution in [0.2, 0.25) is 0 Å². The second-order valence-corrected chi connectivity index (χ2v) is 6.64. The Balaban J connectivity index is 2.23. The van der Waals surface area contributed by atoms with E-state index in [0.717, 1.165) is 12.8 Å². The molecule has 1 fully saturated rings. The number of carbonyl (C=O) groups excluding carboxylic acids is 1. The van der Waals surface area contributed by atoms with Crippen molar-refractivity contribution in [3.8, 4) is 6.07 Å². The van der Waals surface area contributed by atoms with Gasteiger partial charge in [0.15, 0.2) is 0 Å². The Bertz CT molecular complexity index is 719. The summed E-state index contributed by atoms with van der Waals surface area (Å²) in [7, 11) is 0. The smallest absolute Gasteiger partial charge is 0.412 e. The van der Waals surface area contributed by atoms with Crippen molar-refractivity contribution >= 4 is 17.5 Å². The van der Waals surface area contributed by atoms with Crippen LogP contribution in [0.15, 0.2) is 41.2 Å². The number of aliphatic imine (C=N–C) groups is 1. The lowest BCUT2D eigenvalue weighted by Crippen LogP contribution is -2.35. The van der Waals surface area contributed by atoms with Crippen molar-refractivity contribution in [1.29, 1.82) is 5.26 Å². The van der Waals surface area contributed by atoms with Crippen LogP contribution < -0.4 is 11.1 Å². The number of benzene rings is 1. The number of allylic oxidation sites excluding steroid dienone is 1. The van der Waals surface area contributed by atoms with Gasteiger partial charge in [-0.1, -0.05) is 6.07 Å². The lowest BCUT2D eigenvalue weighted by Gasteiger charge is -2.20. The first-order valence-corrected chi connectivity index (χ1v) is 7.83. The minimum absolute atomic E-state index is 0.250. The van der Waals surface area contributed by atoms with Gasteiger partial charge >= 0.3 is 6.09 Å². The number of ether oxygens (including phenoxy) is 1. The second-order valence-electron chi connectivity index (χ2n) is 6.64. The Morgan fingerprint density at radius 3 is 2.71 bits per heavy atom. The van der Waals surface area contributed by atoms with Gasteiger partial charge in [0, 0.05) is 12.1 Å². The van der Waals surface area contributed by atoms with E-state index >= 15 is 0 Å². The van der Waals surface area contributed by atoms with E-state index in [4.69, 9.17) is 15.7 Å². The van der Waals surface area contributed by atoms with E-state index in [1.165, 1.54) is 6.20 Å². The highest BCUT2D eigenvalue weighted by Gasteiger charge is 2.31. The molecule has 0 heterocycles. The third-order valence-corrected chi connectivity index (χ3v) is 3.27. The third-order valence-electron chi connectivity index (χ3n) is 3.27. The average molecular weight is 326 g/mol. The summed E-state index contributed by atoms with van der Waals surface area (Å²) in [6, 6.07) is 9.09. The van der Waals surface area contributed by atoms with Gasteiger partial charge in [0.1, 0.15) is 5.60 Å². The molecule has 1 aromatic rings. The Kier molecular flexibility index (Phi) is 5.24. The van der Waals surface area contributed by atoms with Crippen molar-refractivity contribution in [2.75, 3.05) is 0 Å². The fourth-order valence-electron chi connectivity index (χ4n) is 2.12. The van der Waals surface area contributed by atoms with Gasteiger partial charge in [-0.2, -0.15) is 5.26 Å². The zero-order chi connectivity index (χ0) is 17.7. The van der Waals surface area contributed by atoms with Gasteiger partial charge in [-0.25, -0.2) is 4.79 Å². The number of hydrogen-bond donors (Lipinski definition) is 2. The third kappa shape index (κ3) is 5.13. The lowest BCUT2D eigenvalue weighted by atomic mass is 10.1.